The van der Waals surface area contributed by atoms with Gasteiger partial charge in [0.1, 0.15) is 0 Å². The summed E-state index contributed by atoms with van der Waals surface area (Å²) in [5.74, 6) is 5.52. The number of nitrogens with two attached hydrogens (primary N) is 1. The van der Waals surface area contributed by atoms with Gasteiger partial charge in [-0.25, -0.2) is 14.9 Å². The lowest BCUT2D eigenvalue weighted by molar-refractivity contribution is -0.137. The molecule has 0 radical (unpaired) electrons. The number of nitrogens with zero attached hydrogens (tertiary/aromatic N) is 3. The molecule has 0 aliphatic heterocycles. The zero-order chi connectivity index (χ0) is 15.0. The lowest BCUT2D eigenvalue weighted by Gasteiger charge is -2.12. The van der Waals surface area contributed by atoms with Crippen LogP contribution in [0.2, 0.25) is 0 Å². The number of halogens is 3. The number of aromatic nitrogens is 3. The molecule has 0 saturated heterocycles. The largest absolute Gasteiger partial charge is 0.443 e. The number of hydrogen-bond donors (Lipinski definition) is 2. The first kappa shape index (κ1) is 14.0. The highest BCUT2D eigenvalue weighted by Gasteiger charge is 2.35. The summed E-state index contributed by atoms with van der Waals surface area (Å²) in [6, 6.07) is 4.85. The minimum atomic E-state index is -4.46. The van der Waals surface area contributed by atoms with Crippen molar-refractivity contribution < 1.29 is 13.2 Å². The van der Waals surface area contributed by atoms with Crippen LogP contribution in [0.3, 0.4) is 0 Å². The smallest absolute Gasteiger partial charge is 0.271 e. The van der Waals surface area contributed by atoms with E-state index in [9.17, 15) is 13.2 Å². The third kappa shape index (κ3) is 2.50. The minimum Gasteiger partial charge on any atom is -0.271 e. The maximum absolute atomic E-state index is 12.6. The number of nitrogens with one attached hydrogen (secondary N) is 1. The zero-order valence-electron chi connectivity index (χ0n) is 10.5. The van der Waals surface area contributed by atoms with Crippen LogP contribution < -0.4 is 11.3 Å². The Kier molecular flexibility index (Phi) is 3.40. The van der Waals surface area contributed by atoms with Crippen LogP contribution in [0.5, 0.6) is 0 Å². The molecule has 0 aliphatic rings. The van der Waals surface area contributed by atoms with Gasteiger partial charge in [-0.3, -0.25) is 5.84 Å². The summed E-state index contributed by atoms with van der Waals surface area (Å²) in [4.78, 5) is 3.80. The number of hydrazine groups is 1. The van der Waals surface area contributed by atoms with Crippen LogP contribution in [0, 0.1) is 0 Å². The minimum absolute atomic E-state index is 0.378. The zero-order valence-corrected chi connectivity index (χ0v) is 11.3. The van der Waals surface area contributed by atoms with Crippen LogP contribution in [-0.2, 0) is 6.18 Å². The highest BCUT2D eigenvalue weighted by atomic mass is 32.1. The van der Waals surface area contributed by atoms with Gasteiger partial charge in [0.05, 0.1) is 17.8 Å². The van der Waals surface area contributed by atoms with Gasteiger partial charge >= 0.3 is 6.18 Å². The number of pyridine rings is 1. The van der Waals surface area contributed by atoms with E-state index in [1.54, 1.807) is 16.9 Å². The molecule has 3 aromatic rings. The fourth-order valence-electron chi connectivity index (χ4n) is 2.05. The maximum atomic E-state index is 12.6. The molecule has 0 saturated carbocycles. The first-order valence-electron chi connectivity index (χ1n) is 5.92. The van der Waals surface area contributed by atoms with Crippen LogP contribution in [0.4, 0.5) is 13.2 Å². The highest BCUT2D eigenvalue weighted by Crippen LogP contribution is 2.36. The molecule has 3 aromatic heterocycles. The van der Waals surface area contributed by atoms with Gasteiger partial charge < -0.3 is 0 Å². The summed E-state index contributed by atoms with van der Waals surface area (Å²) in [5.41, 5.74) is 3.98. The number of alkyl halides is 3. The Morgan fingerprint density at radius 1 is 1.29 bits per heavy atom. The van der Waals surface area contributed by atoms with Crippen molar-refractivity contribution in [3.8, 4) is 0 Å². The van der Waals surface area contributed by atoms with Gasteiger partial charge in [-0.15, -0.1) is 11.3 Å². The van der Waals surface area contributed by atoms with Crippen molar-refractivity contribution in [3.05, 3.63) is 52.2 Å². The van der Waals surface area contributed by atoms with Gasteiger partial charge in [-0.1, -0.05) is 6.07 Å². The monoisotopic (exact) mass is 313 g/mol. The summed E-state index contributed by atoms with van der Waals surface area (Å²) in [6.07, 6.45) is 0.0562. The first-order chi connectivity index (χ1) is 10.0. The third-order valence-electron chi connectivity index (χ3n) is 2.98. The van der Waals surface area contributed by atoms with E-state index < -0.39 is 17.2 Å². The summed E-state index contributed by atoms with van der Waals surface area (Å²) in [5, 5.41) is 3.26. The van der Waals surface area contributed by atoms with Crippen molar-refractivity contribution in [2.24, 2.45) is 5.84 Å². The van der Waals surface area contributed by atoms with E-state index in [-0.39, 0.29) is 0 Å². The second-order valence-corrected chi connectivity index (χ2v) is 5.36. The number of thiazole rings is 1. The molecule has 1 atom stereocenters. The predicted molar refractivity (Wildman–Crippen MR) is 71.5 cm³/mol. The van der Waals surface area contributed by atoms with Gasteiger partial charge in [0.2, 0.25) is 0 Å². The molecule has 1 unspecified atom stereocenters. The molecule has 3 N–H and O–H groups in total. The average molecular weight is 313 g/mol. The molecule has 110 valence electrons. The molecular formula is C12H10F3N5S. The Labute approximate surface area is 121 Å². The van der Waals surface area contributed by atoms with E-state index in [1.165, 1.54) is 6.20 Å². The van der Waals surface area contributed by atoms with Gasteiger partial charge in [-0.05, 0) is 12.1 Å². The molecule has 3 heterocycles. The van der Waals surface area contributed by atoms with E-state index >= 15 is 0 Å². The predicted octanol–water partition coefficient (Wildman–Crippen LogP) is 2.36. The second-order valence-electron chi connectivity index (χ2n) is 4.30. The second kappa shape index (κ2) is 5.10. The molecule has 0 amide bonds. The van der Waals surface area contributed by atoms with Crippen LogP contribution >= 0.6 is 11.3 Å². The lowest BCUT2D eigenvalue weighted by atomic mass is 10.1. The molecule has 3 rings (SSSR count). The molecular weight excluding hydrogens is 303 g/mol. The Hall–Kier alpha value is -1.97. The van der Waals surface area contributed by atoms with Crippen molar-refractivity contribution in [2.45, 2.75) is 12.2 Å². The Bertz CT molecular complexity index is 763. The van der Waals surface area contributed by atoms with Crippen LogP contribution in [0.1, 0.15) is 21.5 Å². The molecule has 21 heavy (non-hydrogen) atoms. The van der Waals surface area contributed by atoms with Crippen molar-refractivity contribution in [1.29, 1.82) is 0 Å². The third-order valence-corrected chi connectivity index (χ3v) is 4.09. The summed E-state index contributed by atoms with van der Waals surface area (Å²) in [6.45, 7) is 0. The standard InChI is InChI=1S/C12H10F3N5S/c13-12(14,15)11-17-6-9(21-11)10(19-16)7-5-18-20-4-2-1-3-8(7)20/h1-6,10,19H,16H2. The maximum Gasteiger partial charge on any atom is 0.443 e. The number of fused-ring (bicyclic) bond motifs is 1. The SMILES string of the molecule is NNC(c1cnc(C(F)(F)F)s1)c1cnn2ccccc12. The molecule has 0 fully saturated rings. The molecule has 9 heteroatoms. The van der Waals surface area contributed by atoms with Gasteiger partial charge in [0.15, 0.2) is 5.01 Å². The quantitative estimate of drug-likeness (QED) is 0.575. The van der Waals surface area contributed by atoms with Gasteiger partial charge in [0.25, 0.3) is 0 Å². The van der Waals surface area contributed by atoms with E-state index in [4.69, 9.17) is 5.84 Å². The van der Waals surface area contributed by atoms with Gasteiger partial charge in [-0.2, -0.15) is 18.3 Å². The topological polar surface area (TPSA) is 68.2 Å². The fraction of sp³-hybridized carbons (Fsp3) is 0.167. The fourth-order valence-corrected chi connectivity index (χ4v) is 2.92. The van der Waals surface area contributed by atoms with Crippen LogP contribution in [0.25, 0.3) is 5.52 Å². The van der Waals surface area contributed by atoms with Crippen molar-refractivity contribution in [3.63, 3.8) is 0 Å². The Balaban J connectivity index is 2.04. The highest BCUT2D eigenvalue weighted by molar-refractivity contribution is 7.11. The van der Waals surface area contributed by atoms with Crippen molar-refractivity contribution >= 4 is 16.9 Å². The summed E-state index contributed by atoms with van der Waals surface area (Å²) < 4.78 is 39.6. The van der Waals surface area contributed by atoms with E-state index in [0.29, 0.717) is 21.8 Å². The van der Waals surface area contributed by atoms with E-state index in [1.807, 2.05) is 18.2 Å². The van der Waals surface area contributed by atoms with Crippen molar-refractivity contribution in [1.82, 2.24) is 20.0 Å². The molecule has 0 bridgehead atoms. The molecule has 0 aliphatic carbocycles. The number of rotatable bonds is 3. The van der Waals surface area contributed by atoms with Crippen LogP contribution in [0.15, 0.2) is 36.8 Å². The average Bonchev–Trinajstić information content (AvgIpc) is 3.07. The van der Waals surface area contributed by atoms with Crippen molar-refractivity contribution in [2.75, 3.05) is 0 Å². The van der Waals surface area contributed by atoms with Gasteiger partial charge in [0, 0.05) is 22.8 Å². The Morgan fingerprint density at radius 2 is 2.10 bits per heavy atom. The first-order valence-corrected chi connectivity index (χ1v) is 6.73. The normalized spacial score (nSPS) is 13.7. The number of hydrogen-bond acceptors (Lipinski definition) is 5. The van der Waals surface area contributed by atoms with E-state index in [2.05, 4.69) is 15.5 Å². The lowest BCUT2D eigenvalue weighted by Crippen LogP contribution is -2.28. The summed E-state index contributed by atoms with van der Waals surface area (Å²) in [7, 11) is 0. The molecule has 0 spiro atoms. The Morgan fingerprint density at radius 3 is 2.76 bits per heavy atom. The molecule has 0 aromatic carbocycles. The van der Waals surface area contributed by atoms with E-state index in [0.717, 1.165) is 5.52 Å². The van der Waals surface area contributed by atoms with Crippen LogP contribution in [-0.4, -0.2) is 14.6 Å². The summed E-state index contributed by atoms with van der Waals surface area (Å²) >= 11 is 0.564. The molecule has 5 nitrogen and oxygen atoms in total.